The molecule has 0 fully saturated rings. The van der Waals surface area contributed by atoms with E-state index in [4.69, 9.17) is 9.47 Å². The van der Waals surface area contributed by atoms with Crippen LogP contribution in [0.4, 0.5) is 30.8 Å². The van der Waals surface area contributed by atoms with Gasteiger partial charge >= 0.3 is 6.09 Å². The molecular weight excluding hydrogens is 648 g/mol. The molecule has 2 aromatic carbocycles. The molecule has 0 saturated carbocycles. The van der Waals surface area contributed by atoms with E-state index in [1.807, 2.05) is 40.2 Å². The van der Waals surface area contributed by atoms with Crippen molar-refractivity contribution in [2.75, 3.05) is 70.1 Å². The number of halogens is 2. The molecule has 1 aliphatic heterocycles. The minimum Gasteiger partial charge on any atom is -0.448 e. The topological polar surface area (TPSA) is 138 Å². The number of amides is 1. The van der Waals surface area contributed by atoms with Crippen molar-refractivity contribution in [1.29, 1.82) is 0 Å². The van der Waals surface area contributed by atoms with Crippen molar-refractivity contribution in [3.8, 4) is 0 Å². The molecule has 2 N–H and O–H groups in total. The van der Waals surface area contributed by atoms with Gasteiger partial charge in [0.2, 0.25) is 10.0 Å². The third kappa shape index (κ3) is 8.29. The van der Waals surface area contributed by atoms with Gasteiger partial charge in [-0.3, -0.25) is 4.79 Å². The Morgan fingerprint density at radius 2 is 1.77 bits per heavy atom. The van der Waals surface area contributed by atoms with E-state index in [1.165, 1.54) is 0 Å². The summed E-state index contributed by atoms with van der Waals surface area (Å²) in [5.41, 5.74) is 2.26. The van der Waals surface area contributed by atoms with Crippen molar-refractivity contribution in [2.24, 2.45) is 0 Å². The SMILES string of the molecule is CCOC(=O)n1nc(NC(=O)c2ccc(N(C)C[C@H](C)N(C)C)cc2NC(C)COC)c2c1CCN(S(=O)(=O)c1cc(F)cc(F)c1)C2. The van der Waals surface area contributed by atoms with Gasteiger partial charge in [-0.15, -0.1) is 5.10 Å². The molecular formula is C32H43F2N7O6S. The third-order valence-corrected chi connectivity index (χ3v) is 9.92. The maximum atomic E-state index is 14.0. The van der Waals surface area contributed by atoms with Crippen molar-refractivity contribution in [3.63, 3.8) is 0 Å². The summed E-state index contributed by atoms with van der Waals surface area (Å²) in [4.78, 5) is 30.4. The molecule has 13 nitrogen and oxygen atoms in total. The number of carbonyl (C=O) groups excluding carboxylic acids is 2. The second kappa shape index (κ2) is 15.4. The number of anilines is 3. The highest BCUT2D eigenvalue weighted by atomic mass is 32.2. The Morgan fingerprint density at radius 3 is 2.40 bits per heavy atom. The van der Waals surface area contributed by atoms with Crippen LogP contribution in [0, 0.1) is 11.6 Å². The number of methoxy groups -OCH3 is 1. The lowest BCUT2D eigenvalue weighted by Gasteiger charge is -2.28. The minimum absolute atomic E-state index is 0.0157. The number of likely N-dealkylation sites (N-methyl/N-ethyl adjacent to an activating group) is 2. The van der Waals surface area contributed by atoms with Gasteiger partial charge in [-0.05, 0) is 65.2 Å². The second-order valence-electron chi connectivity index (χ2n) is 12.0. The van der Waals surface area contributed by atoms with Crippen LogP contribution >= 0.6 is 0 Å². The van der Waals surface area contributed by atoms with Crippen LogP contribution in [0.15, 0.2) is 41.3 Å². The predicted octanol–water partition coefficient (Wildman–Crippen LogP) is 4.00. The average molecular weight is 692 g/mol. The molecule has 0 saturated heterocycles. The van der Waals surface area contributed by atoms with Crippen LogP contribution in [0.3, 0.4) is 0 Å². The first-order valence-electron chi connectivity index (χ1n) is 15.5. The van der Waals surface area contributed by atoms with E-state index in [-0.39, 0.29) is 55.1 Å². The molecule has 48 heavy (non-hydrogen) atoms. The number of sulfonamides is 1. The largest absolute Gasteiger partial charge is 0.448 e. The number of hydrogen-bond donors (Lipinski definition) is 2. The summed E-state index contributed by atoms with van der Waals surface area (Å²) in [5, 5.41) is 10.4. The Bertz CT molecular complexity index is 1730. The van der Waals surface area contributed by atoms with Gasteiger partial charge in [-0.1, -0.05) is 0 Å². The molecule has 4 rings (SSSR count). The van der Waals surface area contributed by atoms with Crippen molar-refractivity contribution in [3.05, 3.63) is 64.9 Å². The van der Waals surface area contributed by atoms with Crippen molar-refractivity contribution in [2.45, 2.75) is 50.7 Å². The first-order valence-corrected chi connectivity index (χ1v) is 16.9. The summed E-state index contributed by atoms with van der Waals surface area (Å²) >= 11 is 0. The first-order chi connectivity index (χ1) is 22.7. The Morgan fingerprint density at radius 1 is 1.08 bits per heavy atom. The molecule has 0 aliphatic carbocycles. The molecule has 1 aliphatic rings. The number of rotatable bonds is 13. The zero-order valence-electron chi connectivity index (χ0n) is 28.2. The Hall–Kier alpha value is -4.12. The molecule has 2 atom stereocenters. The number of aromatic nitrogens is 2. The average Bonchev–Trinajstić information content (AvgIpc) is 3.38. The monoisotopic (exact) mass is 691 g/mol. The number of nitrogens with zero attached hydrogens (tertiary/aromatic N) is 5. The standard InChI is InChI=1S/C32H43F2N7O6S/c1-8-47-32(43)41-29-11-12-40(48(44,45)25-14-22(33)13-23(34)15-25)18-27(29)30(37-41)36-31(42)26-10-9-24(39(6)17-21(3)38(4)5)16-28(26)35-20(2)19-46-7/h9-10,13-16,20-21,35H,8,11-12,17-19H2,1-7H3,(H,36,37,42)/t20?,21-/m0/s1. The summed E-state index contributed by atoms with van der Waals surface area (Å²) in [6.07, 6.45) is -0.783. The Labute approximate surface area is 279 Å². The molecule has 0 spiro atoms. The lowest BCUT2D eigenvalue weighted by molar-refractivity contribution is 0.102. The number of hydrogen-bond acceptors (Lipinski definition) is 10. The summed E-state index contributed by atoms with van der Waals surface area (Å²) in [7, 11) is 3.18. The van der Waals surface area contributed by atoms with Gasteiger partial charge in [0.25, 0.3) is 5.91 Å². The Kier molecular flexibility index (Phi) is 11.8. The molecule has 1 aromatic heterocycles. The van der Waals surface area contributed by atoms with Crippen molar-refractivity contribution in [1.82, 2.24) is 19.0 Å². The predicted molar refractivity (Wildman–Crippen MR) is 178 cm³/mol. The van der Waals surface area contributed by atoms with E-state index in [0.29, 0.717) is 24.1 Å². The normalized spacial score (nSPS) is 14.7. The summed E-state index contributed by atoms with van der Waals surface area (Å²) in [6.45, 7) is 6.37. The zero-order valence-corrected chi connectivity index (χ0v) is 29.0. The molecule has 0 radical (unpaired) electrons. The number of ether oxygens (including phenoxy) is 2. The van der Waals surface area contributed by atoms with E-state index in [1.54, 1.807) is 20.1 Å². The molecule has 262 valence electrons. The number of nitrogens with one attached hydrogen (secondary N) is 2. The van der Waals surface area contributed by atoms with Gasteiger partial charge in [0.15, 0.2) is 5.82 Å². The quantitative estimate of drug-likeness (QED) is 0.271. The maximum absolute atomic E-state index is 14.0. The smallest absolute Gasteiger partial charge is 0.434 e. The van der Waals surface area contributed by atoms with Crippen LogP contribution in [0.5, 0.6) is 0 Å². The van der Waals surface area contributed by atoms with Crippen LogP contribution in [-0.2, 0) is 32.5 Å². The molecule has 1 amide bonds. The molecule has 3 aromatic rings. The highest BCUT2D eigenvalue weighted by molar-refractivity contribution is 7.89. The fraction of sp³-hybridized carbons (Fsp3) is 0.469. The summed E-state index contributed by atoms with van der Waals surface area (Å²) < 4.78 is 67.3. The van der Waals surface area contributed by atoms with Crippen LogP contribution < -0.4 is 15.5 Å². The van der Waals surface area contributed by atoms with E-state index < -0.39 is 38.6 Å². The van der Waals surface area contributed by atoms with Crippen molar-refractivity contribution >= 4 is 39.2 Å². The van der Waals surface area contributed by atoms with E-state index in [2.05, 4.69) is 32.5 Å². The highest BCUT2D eigenvalue weighted by Crippen LogP contribution is 2.32. The van der Waals surface area contributed by atoms with Crippen LogP contribution in [0.2, 0.25) is 0 Å². The zero-order chi connectivity index (χ0) is 35.3. The molecule has 2 heterocycles. The summed E-state index contributed by atoms with van der Waals surface area (Å²) in [6, 6.07) is 7.51. The lowest BCUT2D eigenvalue weighted by Crippen LogP contribution is -2.37. The Balaban J connectivity index is 1.71. The highest BCUT2D eigenvalue weighted by Gasteiger charge is 2.35. The molecule has 1 unspecified atom stereocenters. The maximum Gasteiger partial charge on any atom is 0.434 e. The fourth-order valence-electron chi connectivity index (χ4n) is 5.35. The van der Waals surface area contributed by atoms with Gasteiger partial charge in [0, 0.05) is 75.3 Å². The number of fused-ring (bicyclic) bond motifs is 1. The van der Waals surface area contributed by atoms with Crippen LogP contribution in [0.1, 0.15) is 42.4 Å². The second-order valence-corrected chi connectivity index (χ2v) is 13.9. The number of benzene rings is 2. The van der Waals surface area contributed by atoms with Gasteiger partial charge < -0.3 is 29.9 Å². The van der Waals surface area contributed by atoms with E-state index >= 15 is 0 Å². The molecule has 0 bridgehead atoms. The van der Waals surface area contributed by atoms with Crippen molar-refractivity contribution < 1.29 is 36.3 Å². The minimum atomic E-state index is -4.36. The first kappa shape index (κ1) is 36.7. The lowest BCUT2D eigenvalue weighted by atomic mass is 10.1. The fourth-order valence-corrected chi connectivity index (χ4v) is 6.80. The van der Waals surface area contributed by atoms with E-state index in [9.17, 15) is 26.8 Å². The van der Waals surface area contributed by atoms with E-state index in [0.717, 1.165) is 33.4 Å². The number of carbonyl (C=O) groups is 2. The van der Waals surface area contributed by atoms with Gasteiger partial charge in [-0.25, -0.2) is 22.0 Å². The third-order valence-electron chi connectivity index (χ3n) is 8.10. The van der Waals surface area contributed by atoms with Crippen LogP contribution in [-0.4, -0.2) is 106 Å². The molecule has 16 heteroatoms. The van der Waals surface area contributed by atoms with Crippen LogP contribution in [0.25, 0.3) is 0 Å². The van der Waals surface area contributed by atoms with Gasteiger partial charge in [0.1, 0.15) is 11.6 Å². The van der Waals surface area contributed by atoms with Gasteiger partial charge in [0.05, 0.1) is 29.4 Å². The van der Waals surface area contributed by atoms with Gasteiger partial charge in [-0.2, -0.15) is 8.99 Å². The summed E-state index contributed by atoms with van der Waals surface area (Å²) in [5.74, 6) is -2.70.